The molecule has 0 aromatic heterocycles. The fraction of sp³-hybridized carbons (Fsp3) is 0.391. The van der Waals surface area contributed by atoms with Gasteiger partial charge < -0.3 is 26.4 Å². The van der Waals surface area contributed by atoms with Gasteiger partial charge >= 0.3 is 12.3 Å². The molecule has 2 amide bonds. The first-order valence-corrected chi connectivity index (χ1v) is 10.3. The Kier molecular flexibility index (Phi) is 6.23. The zero-order chi connectivity index (χ0) is 24.7. The van der Waals surface area contributed by atoms with E-state index in [4.69, 9.17) is 16.2 Å². The second-order valence-electron chi connectivity index (χ2n) is 9.15. The van der Waals surface area contributed by atoms with Crippen LogP contribution in [0.4, 0.5) is 35.0 Å². The Balaban J connectivity index is 1.85. The quantitative estimate of drug-likeness (QED) is 0.543. The van der Waals surface area contributed by atoms with Crippen molar-refractivity contribution in [2.24, 2.45) is 0 Å². The average Bonchev–Trinajstić information content (AvgIpc) is 2.68. The number of nitrogens with two attached hydrogens (primary N) is 2. The van der Waals surface area contributed by atoms with Crippen LogP contribution in [-0.2, 0) is 17.5 Å². The van der Waals surface area contributed by atoms with E-state index in [2.05, 4.69) is 5.32 Å². The lowest BCUT2D eigenvalue weighted by molar-refractivity contribution is -0.137. The number of carbonyl (C=O) groups excluding carboxylic acids is 2. The van der Waals surface area contributed by atoms with Gasteiger partial charge in [0.15, 0.2) is 0 Å². The van der Waals surface area contributed by atoms with E-state index >= 15 is 0 Å². The largest absolute Gasteiger partial charge is 0.444 e. The van der Waals surface area contributed by atoms with Crippen LogP contribution < -0.4 is 16.8 Å². The summed E-state index contributed by atoms with van der Waals surface area (Å²) < 4.78 is 44.8. The van der Waals surface area contributed by atoms with E-state index in [1.807, 2.05) is 6.92 Å². The summed E-state index contributed by atoms with van der Waals surface area (Å²) in [5.41, 5.74) is 11.0. The molecule has 0 saturated carbocycles. The average molecular weight is 464 g/mol. The molecule has 2 aromatic carbocycles. The maximum atomic E-state index is 13.1. The normalized spacial score (nSPS) is 16.2. The minimum absolute atomic E-state index is 0.0114. The molecular formula is C23H27F3N4O3. The van der Waals surface area contributed by atoms with Crippen LogP contribution in [0.2, 0.25) is 0 Å². The van der Waals surface area contributed by atoms with E-state index in [0.29, 0.717) is 6.54 Å². The molecule has 0 saturated heterocycles. The van der Waals surface area contributed by atoms with Crippen LogP contribution in [0.25, 0.3) is 0 Å². The summed E-state index contributed by atoms with van der Waals surface area (Å²) in [6.07, 6.45) is -5.10. The number of halogens is 3. The zero-order valence-electron chi connectivity index (χ0n) is 18.8. The first-order chi connectivity index (χ1) is 15.2. The third-order valence-corrected chi connectivity index (χ3v) is 5.23. The van der Waals surface area contributed by atoms with Gasteiger partial charge in [0.2, 0.25) is 0 Å². The molecule has 1 aliphatic rings. The number of hydrogen-bond donors (Lipinski definition) is 3. The topological polar surface area (TPSA) is 111 Å². The third kappa shape index (κ3) is 5.50. The van der Waals surface area contributed by atoms with E-state index in [0.717, 1.165) is 23.3 Å². The molecule has 2 aromatic rings. The van der Waals surface area contributed by atoms with Crippen molar-refractivity contribution >= 4 is 29.1 Å². The van der Waals surface area contributed by atoms with Crippen LogP contribution in [0.15, 0.2) is 30.3 Å². The molecule has 0 fully saturated rings. The van der Waals surface area contributed by atoms with Gasteiger partial charge in [-0.1, -0.05) is 13.0 Å². The van der Waals surface area contributed by atoms with Crippen molar-refractivity contribution in [1.82, 2.24) is 4.90 Å². The highest BCUT2D eigenvalue weighted by atomic mass is 19.4. The Hall–Kier alpha value is -3.43. The highest BCUT2D eigenvalue weighted by molar-refractivity contribution is 6.06. The van der Waals surface area contributed by atoms with Crippen LogP contribution >= 0.6 is 0 Å². The molecule has 10 heteroatoms. The van der Waals surface area contributed by atoms with Crippen LogP contribution in [0.1, 0.15) is 60.7 Å². The van der Waals surface area contributed by atoms with Crippen LogP contribution in [-0.4, -0.2) is 29.0 Å². The minimum Gasteiger partial charge on any atom is -0.444 e. The Morgan fingerprint density at radius 1 is 1.12 bits per heavy atom. The summed E-state index contributed by atoms with van der Waals surface area (Å²) in [4.78, 5) is 26.9. The van der Waals surface area contributed by atoms with Gasteiger partial charge in [-0.05, 0) is 62.1 Å². The highest BCUT2D eigenvalue weighted by Crippen LogP contribution is 2.37. The standard InChI is InChI=1S/C23H27F3N4O3/c1-12-10-30(21(32)33-22(2,3)4)11-14-7-13(5-6-16(12)14)20(31)29-18-9-15(23(24,25)26)8-17(27)19(18)28/h5-9,12H,10-11,27-28H2,1-4H3,(H,29,31). The number of nitrogens with one attached hydrogen (secondary N) is 1. The minimum atomic E-state index is -4.64. The third-order valence-electron chi connectivity index (χ3n) is 5.23. The lowest BCUT2D eigenvalue weighted by Gasteiger charge is -2.34. The number of ether oxygens (including phenoxy) is 1. The van der Waals surface area contributed by atoms with Crippen molar-refractivity contribution in [3.05, 3.63) is 52.6 Å². The number of carbonyl (C=O) groups is 2. The smallest absolute Gasteiger partial charge is 0.416 e. The summed E-state index contributed by atoms with van der Waals surface area (Å²) in [6.45, 7) is 8.01. The molecule has 1 heterocycles. The number of nitrogen functional groups attached to an aromatic ring is 2. The number of nitrogens with zero attached hydrogens (tertiary/aromatic N) is 1. The van der Waals surface area contributed by atoms with Gasteiger partial charge in [-0.3, -0.25) is 4.79 Å². The molecule has 3 rings (SSSR count). The SMILES string of the molecule is CC1CN(C(=O)OC(C)(C)C)Cc2cc(C(=O)Nc3cc(C(F)(F)F)cc(N)c3N)ccc21. The Labute approximate surface area is 189 Å². The van der Waals surface area contributed by atoms with Crippen LogP contribution in [0.3, 0.4) is 0 Å². The molecule has 0 bridgehead atoms. The van der Waals surface area contributed by atoms with Crippen molar-refractivity contribution < 1.29 is 27.5 Å². The van der Waals surface area contributed by atoms with Crippen LogP contribution in [0, 0.1) is 0 Å². The van der Waals surface area contributed by atoms with Crippen LogP contribution in [0.5, 0.6) is 0 Å². The maximum absolute atomic E-state index is 13.1. The summed E-state index contributed by atoms with van der Waals surface area (Å²) >= 11 is 0. The monoisotopic (exact) mass is 464 g/mol. The summed E-state index contributed by atoms with van der Waals surface area (Å²) in [5, 5.41) is 2.41. The summed E-state index contributed by atoms with van der Waals surface area (Å²) in [7, 11) is 0. The van der Waals surface area contributed by atoms with Crippen molar-refractivity contribution in [2.75, 3.05) is 23.3 Å². The highest BCUT2D eigenvalue weighted by Gasteiger charge is 2.32. The lowest BCUT2D eigenvalue weighted by atomic mass is 9.90. The summed E-state index contributed by atoms with van der Waals surface area (Å²) in [5.74, 6) is -0.637. The predicted octanol–water partition coefficient (Wildman–Crippen LogP) is 4.98. The van der Waals surface area contributed by atoms with E-state index in [1.54, 1.807) is 43.9 Å². The fourth-order valence-corrected chi connectivity index (χ4v) is 3.67. The maximum Gasteiger partial charge on any atom is 0.416 e. The Bertz CT molecular complexity index is 1090. The molecule has 1 aliphatic heterocycles. The van der Waals surface area contributed by atoms with E-state index in [1.165, 1.54) is 0 Å². The number of hydrogen-bond acceptors (Lipinski definition) is 5. The molecule has 0 radical (unpaired) electrons. The number of fused-ring (bicyclic) bond motifs is 1. The number of amides is 2. The fourth-order valence-electron chi connectivity index (χ4n) is 3.67. The van der Waals surface area contributed by atoms with Gasteiger partial charge in [0.1, 0.15) is 5.60 Å². The van der Waals surface area contributed by atoms with E-state index in [9.17, 15) is 22.8 Å². The molecule has 0 spiro atoms. The van der Waals surface area contributed by atoms with Crippen molar-refractivity contribution in [3.8, 4) is 0 Å². The number of rotatable bonds is 2. The molecule has 0 aliphatic carbocycles. The number of alkyl halides is 3. The van der Waals surface area contributed by atoms with Gasteiger partial charge in [-0.15, -0.1) is 0 Å². The lowest BCUT2D eigenvalue weighted by Crippen LogP contribution is -2.41. The number of anilines is 3. The Morgan fingerprint density at radius 3 is 2.39 bits per heavy atom. The van der Waals surface area contributed by atoms with E-state index in [-0.39, 0.29) is 35.1 Å². The molecule has 33 heavy (non-hydrogen) atoms. The zero-order valence-corrected chi connectivity index (χ0v) is 18.8. The first kappa shape index (κ1) is 24.2. The second-order valence-corrected chi connectivity index (χ2v) is 9.15. The first-order valence-electron chi connectivity index (χ1n) is 10.3. The Morgan fingerprint density at radius 2 is 1.79 bits per heavy atom. The van der Waals surface area contributed by atoms with Crippen molar-refractivity contribution in [1.29, 1.82) is 0 Å². The molecule has 5 N–H and O–H groups in total. The van der Waals surface area contributed by atoms with Crippen molar-refractivity contribution in [3.63, 3.8) is 0 Å². The second kappa shape index (κ2) is 8.49. The van der Waals surface area contributed by atoms with Gasteiger partial charge in [0, 0.05) is 18.7 Å². The molecule has 1 atom stereocenters. The predicted molar refractivity (Wildman–Crippen MR) is 120 cm³/mol. The molecule has 7 nitrogen and oxygen atoms in total. The van der Waals surface area contributed by atoms with Gasteiger partial charge in [-0.25, -0.2) is 4.79 Å². The molecule has 1 unspecified atom stereocenters. The van der Waals surface area contributed by atoms with Gasteiger partial charge in [-0.2, -0.15) is 13.2 Å². The van der Waals surface area contributed by atoms with Gasteiger partial charge in [0.25, 0.3) is 5.91 Å². The van der Waals surface area contributed by atoms with Crippen molar-refractivity contribution in [2.45, 2.75) is 51.9 Å². The summed E-state index contributed by atoms with van der Waals surface area (Å²) in [6, 6.07) is 6.45. The number of benzene rings is 2. The molecular weight excluding hydrogens is 437 g/mol. The molecule has 178 valence electrons. The van der Waals surface area contributed by atoms with E-state index < -0.39 is 29.3 Å². The van der Waals surface area contributed by atoms with Gasteiger partial charge in [0.05, 0.1) is 22.6 Å².